The Hall–Kier alpha value is -0.370. The summed E-state index contributed by atoms with van der Waals surface area (Å²) in [6.45, 7) is 3.93. The molecule has 1 fully saturated rings. The van der Waals surface area contributed by atoms with Crippen LogP contribution in [-0.2, 0) is 0 Å². The van der Waals surface area contributed by atoms with Crippen LogP contribution in [-0.4, -0.2) is 4.99 Å². The molecule has 0 radical (unpaired) electrons. The lowest BCUT2D eigenvalue weighted by molar-refractivity contribution is 0.523. The summed E-state index contributed by atoms with van der Waals surface area (Å²) >= 11 is 4.91. The molecule has 2 N–H and O–H groups in total. The van der Waals surface area contributed by atoms with Crippen LogP contribution in [0.5, 0.6) is 0 Å². The van der Waals surface area contributed by atoms with Crippen LogP contribution in [0.2, 0.25) is 0 Å². The third-order valence-electron chi connectivity index (χ3n) is 2.02. The lowest BCUT2D eigenvalue weighted by Crippen LogP contribution is -2.23. The van der Waals surface area contributed by atoms with Crippen LogP contribution in [0.25, 0.3) is 0 Å². The van der Waals surface area contributed by atoms with E-state index in [-0.39, 0.29) is 0 Å². The average Bonchev–Trinajstić information content (AvgIpc) is 1.88. The van der Waals surface area contributed by atoms with Gasteiger partial charge in [0.15, 0.2) is 0 Å². The van der Waals surface area contributed by atoms with Crippen LogP contribution >= 0.6 is 12.2 Å². The van der Waals surface area contributed by atoms with Gasteiger partial charge in [-0.3, -0.25) is 0 Å². The molecular weight excluding hydrogens is 142 g/mol. The number of rotatable bonds is 1. The van der Waals surface area contributed by atoms with Gasteiger partial charge in [0.2, 0.25) is 0 Å². The normalized spacial score (nSPS) is 26.4. The van der Waals surface area contributed by atoms with E-state index >= 15 is 0 Å². The maximum atomic E-state index is 5.52. The molecular formula is C8H13NS. The summed E-state index contributed by atoms with van der Waals surface area (Å²) in [5.74, 6) is 0.441. The lowest BCUT2D eigenvalue weighted by atomic mass is 9.86. The fourth-order valence-corrected chi connectivity index (χ4v) is 1.60. The highest BCUT2D eigenvalue weighted by Crippen LogP contribution is 2.26. The average molecular weight is 155 g/mol. The first-order valence-corrected chi connectivity index (χ1v) is 4.07. The summed E-state index contributed by atoms with van der Waals surface area (Å²) in [6, 6.07) is 0. The van der Waals surface area contributed by atoms with E-state index in [9.17, 15) is 0 Å². The molecule has 0 amide bonds. The molecule has 1 saturated carbocycles. The zero-order valence-electron chi connectivity index (χ0n) is 6.10. The van der Waals surface area contributed by atoms with E-state index in [1.165, 1.54) is 18.4 Å². The summed E-state index contributed by atoms with van der Waals surface area (Å²) in [6.07, 6.45) is 4.56. The van der Waals surface area contributed by atoms with Crippen LogP contribution in [0.3, 0.4) is 0 Å². The molecule has 1 rings (SSSR count). The molecule has 0 saturated heterocycles. The predicted octanol–water partition coefficient (Wildman–Crippen LogP) is 2.02. The first-order chi connectivity index (χ1) is 4.70. The molecule has 0 spiro atoms. The van der Waals surface area contributed by atoms with E-state index < -0.39 is 0 Å². The highest BCUT2D eigenvalue weighted by Gasteiger charge is 2.17. The van der Waals surface area contributed by atoms with Gasteiger partial charge in [-0.15, -0.1) is 0 Å². The van der Waals surface area contributed by atoms with Gasteiger partial charge in [0.1, 0.15) is 0 Å². The van der Waals surface area contributed by atoms with Gasteiger partial charge in [-0.2, -0.15) is 0 Å². The number of nitrogens with two attached hydrogens (primary N) is 1. The van der Waals surface area contributed by atoms with Crippen LogP contribution in [0.4, 0.5) is 0 Å². The van der Waals surface area contributed by atoms with Crippen molar-refractivity contribution in [3.05, 3.63) is 12.2 Å². The zero-order chi connectivity index (χ0) is 7.56. The Balaban J connectivity index is 2.47. The minimum absolute atomic E-state index is 0.441. The van der Waals surface area contributed by atoms with Gasteiger partial charge in [-0.25, -0.2) is 0 Å². The van der Waals surface area contributed by atoms with Gasteiger partial charge >= 0.3 is 0 Å². The van der Waals surface area contributed by atoms with Crippen molar-refractivity contribution in [2.45, 2.75) is 25.7 Å². The van der Waals surface area contributed by atoms with E-state index in [1.54, 1.807) is 0 Å². The van der Waals surface area contributed by atoms with Crippen molar-refractivity contribution in [2.75, 3.05) is 0 Å². The maximum absolute atomic E-state index is 5.52. The van der Waals surface area contributed by atoms with Crippen LogP contribution < -0.4 is 5.73 Å². The van der Waals surface area contributed by atoms with Gasteiger partial charge < -0.3 is 5.73 Å². The second-order valence-corrected chi connectivity index (χ2v) is 3.42. The molecule has 0 aromatic heterocycles. The van der Waals surface area contributed by atoms with Crippen molar-refractivity contribution in [1.82, 2.24) is 0 Å². The van der Waals surface area contributed by atoms with Gasteiger partial charge in [-0.05, 0) is 25.7 Å². The molecule has 0 aromatic carbocycles. The largest absolute Gasteiger partial charge is 0.393 e. The van der Waals surface area contributed by atoms with Crippen molar-refractivity contribution < 1.29 is 0 Å². The van der Waals surface area contributed by atoms with Crippen molar-refractivity contribution in [3.63, 3.8) is 0 Å². The maximum Gasteiger partial charge on any atom is 0.0761 e. The second-order valence-electron chi connectivity index (χ2n) is 2.95. The molecule has 1 aliphatic carbocycles. The third-order valence-corrected chi connectivity index (χ3v) is 2.35. The standard InChI is InChI=1S/C8H13NS/c1-6-3-2-4-7(5-6)8(9)10/h7H,1-5H2,(H2,9,10). The van der Waals surface area contributed by atoms with Gasteiger partial charge in [0.25, 0.3) is 0 Å². The molecule has 0 aliphatic heterocycles. The van der Waals surface area contributed by atoms with Crippen molar-refractivity contribution in [3.8, 4) is 0 Å². The minimum Gasteiger partial charge on any atom is -0.393 e. The summed E-state index contributed by atoms with van der Waals surface area (Å²) in [5.41, 5.74) is 6.83. The van der Waals surface area contributed by atoms with Gasteiger partial charge in [0, 0.05) is 5.92 Å². The van der Waals surface area contributed by atoms with E-state index in [0.717, 1.165) is 12.8 Å². The van der Waals surface area contributed by atoms with E-state index in [0.29, 0.717) is 10.9 Å². The molecule has 1 unspecified atom stereocenters. The Morgan fingerprint density at radius 2 is 2.40 bits per heavy atom. The van der Waals surface area contributed by atoms with Crippen LogP contribution in [0.1, 0.15) is 25.7 Å². The molecule has 1 nitrogen and oxygen atoms in total. The SMILES string of the molecule is C=C1CCCC(C(N)=S)C1. The summed E-state index contributed by atoms with van der Waals surface area (Å²) in [4.78, 5) is 0.667. The zero-order valence-corrected chi connectivity index (χ0v) is 6.91. The van der Waals surface area contributed by atoms with Crippen molar-refractivity contribution in [2.24, 2.45) is 11.7 Å². The number of hydrogen-bond acceptors (Lipinski definition) is 1. The molecule has 0 heterocycles. The Morgan fingerprint density at radius 3 is 2.80 bits per heavy atom. The fraction of sp³-hybridized carbons (Fsp3) is 0.625. The molecule has 0 aromatic rings. The van der Waals surface area contributed by atoms with Crippen LogP contribution in [0, 0.1) is 5.92 Å². The lowest BCUT2D eigenvalue weighted by Gasteiger charge is -2.21. The first kappa shape index (κ1) is 7.73. The van der Waals surface area contributed by atoms with Crippen molar-refractivity contribution >= 4 is 17.2 Å². The smallest absolute Gasteiger partial charge is 0.0761 e. The molecule has 1 aliphatic rings. The molecule has 56 valence electrons. The number of allylic oxidation sites excluding steroid dienone is 1. The Labute approximate surface area is 67.3 Å². The predicted molar refractivity (Wildman–Crippen MR) is 47.9 cm³/mol. The monoisotopic (exact) mass is 155 g/mol. The van der Waals surface area contributed by atoms with Gasteiger partial charge in [-0.1, -0.05) is 24.4 Å². The number of thiocarbonyl (C=S) groups is 1. The quantitative estimate of drug-likeness (QED) is 0.463. The topological polar surface area (TPSA) is 26.0 Å². The molecule has 1 atom stereocenters. The highest BCUT2D eigenvalue weighted by molar-refractivity contribution is 7.80. The fourth-order valence-electron chi connectivity index (χ4n) is 1.39. The van der Waals surface area contributed by atoms with Crippen molar-refractivity contribution in [1.29, 1.82) is 0 Å². The van der Waals surface area contributed by atoms with E-state index in [1.807, 2.05) is 0 Å². The van der Waals surface area contributed by atoms with E-state index in [4.69, 9.17) is 18.0 Å². The minimum atomic E-state index is 0.441. The second kappa shape index (κ2) is 3.15. The molecule has 0 bridgehead atoms. The summed E-state index contributed by atoms with van der Waals surface area (Å²) in [7, 11) is 0. The Bertz CT molecular complexity index is 161. The van der Waals surface area contributed by atoms with Crippen LogP contribution in [0.15, 0.2) is 12.2 Å². The van der Waals surface area contributed by atoms with Gasteiger partial charge in [0.05, 0.1) is 4.99 Å². The molecule has 2 heteroatoms. The Kier molecular flexibility index (Phi) is 2.44. The molecule has 10 heavy (non-hydrogen) atoms. The first-order valence-electron chi connectivity index (χ1n) is 3.66. The highest BCUT2D eigenvalue weighted by atomic mass is 32.1. The third kappa shape index (κ3) is 1.81. The summed E-state index contributed by atoms with van der Waals surface area (Å²) < 4.78 is 0. The Morgan fingerprint density at radius 1 is 1.70 bits per heavy atom. The summed E-state index contributed by atoms with van der Waals surface area (Å²) in [5, 5.41) is 0. The van der Waals surface area contributed by atoms with E-state index in [2.05, 4.69) is 6.58 Å². The number of hydrogen-bond donors (Lipinski definition) is 1.